The number of halogens is 2. The van der Waals surface area contributed by atoms with E-state index in [2.05, 4.69) is 31.2 Å². The van der Waals surface area contributed by atoms with Gasteiger partial charge in [-0.05, 0) is 28.1 Å². The van der Waals surface area contributed by atoms with E-state index < -0.39 is 0 Å². The number of nitrogens with zero attached hydrogens (tertiary/aromatic N) is 2. The molecule has 0 amide bonds. The molecule has 0 atom stereocenters. The topological polar surface area (TPSA) is 47.0 Å². The lowest BCUT2D eigenvalue weighted by Gasteiger charge is -2.09. The highest BCUT2D eigenvalue weighted by atomic mass is 79.9. The fourth-order valence-electron chi connectivity index (χ4n) is 1.26. The Morgan fingerprint density at radius 1 is 1.41 bits per heavy atom. The van der Waals surface area contributed by atoms with E-state index in [1.54, 1.807) is 18.3 Å². The van der Waals surface area contributed by atoms with E-state index in [-0.39, 0.29) is 5.82 Å². The van der Waals surface area contributed by atoms with Crippen molar-refractivity contribution in [3.05, 3.63) is 41.0 Å². The average Bonchev–Trinajstić information content (AvgIpc) is 2.35. The Labute approximate surface area is 106 Å². The molecule has 0 unspecified atom stereocenters. The van der Waals surface area contributed by atoms with Crippen molar-refractivity contribution in [2.75, 3.05) is 12.4 Å². The van der Waals surface area contributed by atoms with Gasteiger partial charge in [0.25, 0.3) is 0 Å². The summed E-state index contributed by atoms with van der Waals surface area (Å²) in [6.07, 6.45) is 2.96. The molecule has 0 aliphatic rings. The van der Waals surface area contributed by atoms with Gasteiger partial charge in [0.15, 0.2) is 0 Å². The molecular weight excluding hydrogens is 289 g/mol. The van der Waals surface area contributed by atoms with Gasteiger partial charge in [0.05, 0.1) is 17.3 Å². The molecule has 0 bridgehead atoms. The standard InChI is InChI=1S/C11H9BrFN3O/c1-17-7-2-3-9(13)10(4-7)16-11-8(12)5-14-6-15-11/h2-6H,1H3,(H,14,15,16). The molecule has 17 heavy (non-hydrogen) atoms. The number of hydrogen-bond acceptors (Lipinski definition) is 4. The van der Waals surface area contributed by atoms with E-state index in [1.165, 1.54) is 19.5 Å². The number of benzene rings is 1. The first-order valence-corrected chi connectivity index (χ1v) is 5.56. The molecule has 0 aliphatic carbocycles. The van der Waals surface area contributed by atoms with Gasteiger partial charge in [0.1, 0.15) is 23.7 Å². The third kappa shape index (κ3) is 2.71. The Balaban J connectivity index is 2.32. The average molecular weight is 298 g/mol. The van der Waals surface area contributed by atoms with Crippen molar-refractivity contribution in [1.29, 1.82) is 0 Å². The minimum absolute atomic E-state index is 0.295. The first-order valence-electron chi connectivity index (χ1n) is 4.77. The van der Waals surface area contributed by atoms with Crippen molar-refractivity contribution in [3.63, 3.8) is 0 Å². The molecule has 0 aliphatic heterocycles. The highest BCUT2D eigenvalue weighted by Gasteiger charge is 2.07. The monoisotopic (exact) mass is 297 g/mol. The normalized spacial score (nSPS) is 10.1. The number of anilines is 2. The van der Waals surface area contributed by atoms with E-state index >= 15 is 0 Å². The number of methoxy groups -OCH3 is 1. The fourth-order valence-corrected chi connectivity index (χ4v) is 1.58. The molecule has 1 heterocycles. The van der Waals surface area contributed by atoms with Crippen molar-refractivity contribution < 1.29 is 9.13 Å². The Hall–Kier alpha value is -1.69. The maximum atomic E-state index is 13.5. The van der Waals surface area contributed by atoms with Crippen molar-refractivity contribution in [1.82, 2.24) is 9.97 Å². The summed E-state index contributed by atoms with van der Waals surface area (Å²) >= 11 is 3.27. The van der Waals surface area contributed by atoms with Crippen LogP contribution >= 0.6 is 15.9 Å². The van der Waals surface area contributed by atoms with Crippen molar-refractivity contribution in [2.24, 2.45) is 0 Å². The second-order valence-corrected chi connectivity index (χ2v) is 4.04. The molecule has 1 aromatic heterocycles. The quantitative estimate of drug-likeness (QED) is 0.945. The summed E-state index contributed by atoms with van der Waals surface area (Å²) in [5.74, 6) is 0.683. The summed E-state index contributed by atoms with van der Waals surface area (Å²) in [4.78, 5) is 7.82. The second kappa shape index (κ2) is 5.09. The van der Waals surface area contributed by atoms with Crippen LogP contribution < -0.4 is 10.1 Å². The van der Waals surface area contributed by atoms with Crippen LogP contribution in [0.15, 0.2) is 35.2 Å². The summed E-state index contributed by atoms with van der Waals surface area (Å²) < 4.78 is 19.2. The molecule has 1 aromatic carbocycles. The Kier molecular flexibility index (Phi) is 3.53. The number of aromatic nitrogens is 2. The zero-order valence-electron chi connectivity index (χ0n) is 8.95. The molecule has 88 valence electrons. The van der Waals surface area contributed by atoms with Gasteiger partial charge < -0.3 is 10.1 Å². The molecule has 6 heteroatoms. The van der Waals surface area contributed by atoms with Gasteiger partial charge in [-0.3, -0.25) is 0 Å². The number of rotatable bonds is 3. The zero-order chi connectivity index (χ0) is 12.3. The van der Waals surface area contributed by atoms with E-state index in [4.69, 9.17) is 4.74 Å². The van der Waals surface area contributed by atoms with Gasteiger partial charge >= 0.3 is 0 Å². The smallest absolute Gasteiger partial charge is 0.148 e. The van der Waals surface area contributed by atoms with Gasteiger partial charge in [0.2, 0.25) is 0 Å². The molecule has 0 saturated carbocycles. The van der Waals surface area contributed by atoms with Crippen LogP contribution in [0, 0.1) is 5.82 Å². The highest BCUT2D eigenvalue weighted by Crippen LogP contribution is 2.26. The lowest BCUT2D eigenvalue weighted by atomic mass is 10.3. The molecule has 1 N–H and O–H groups in total. The number of nitrogens with one attached hydrogen (secondary N) is 1. The predicted molar refractivity (Wildman–Crippen MR) is 66.0 cm³/mol. The fraction of sp³-hybridized carbons (Fsp3) is 0.0909. The number of hydrogen-bond donors (Lipinski definition) is 1. The SMILES string of the molecule is COc1ccc(F)c(Nc2ncncc2Br)c1. The van der Waals surface area contributed by atoms with Crippen molar-refractivity contribution in [2.45, 2.75) is 0 Å². The molecule has 0 saturated heterocycles. The zero-order valence-corrected chi connectivity index (χ0v) is 10.5. The highest BCUT2D eigenvalue weighted by molar-refractivity contribution is 9.10. The summed E-state index contributed by atoms with van der Waals surface area (Å²) in [6, 6.07) is 4.44. The van der Waals surface area contributed by atoms with E-state index in [1.807, 2.05) is 0 Å². The predicted octanol–water partition coefficient (Wildman–Crippen LogP) is 3.13. The molecule has 2 rings (SSSR count). The van der Waals surface area contributed by atoms with Crippen molar-refractivity contribution >= 4 is 27.4 Å². The minimum Gasteiger partial charge on any atom is -0.497 e. The van der Waals surface area contributed by atoms with E-state index in [9.17, 15) is 4.39 Å². The van der Waals surface area contributed by atoms with Gasteiger partial charge in [-0.2, -0.15) is 0 Å². The van der Waals surface area contributed by atoms with Gasteiger partial charge in [-0.25, -0.2) is 14.4 Å². The number of ether oxygens (including phenoxy) is 1. The van der Waals surface area contributed by atoms with Crippen molar-refractivity contribution in [3.8, 4) is 5.75 Å². The molecule has 0 spiro atoms. The van der Waals surface area contributed by atoms with Gasteiger partial charge in [-0.1, -0.05) is 0 Å². The summed E-state index contributed by atoms with van der Waals surface area (Å²) in [7, 11) is 1.53. The van der Waals surface area contributed by atoms with Crippen LogP contribution in [0.25, 0.3) is 0 Å². The Bertz CT molecular complexity index is 536. The van der Waals surface area contributed by atoms with E-state index in [0.717, 1.165) is 0 Å². The van der Waals surface area contributed by atoms with Gasteiger partial charge in [-0.15, -0.1) is 0 Å². The Morgan fingerprint density at radius 2 is 2.24 bits per heavy atom. The molecule has 4 nitrogen and oxygen atoms in total. The lowest BCUT2D eigenvalue weighted by molar-refractivity contribution is 0.414. The summed E-state index contributed by atoms with van der Waals surface area (Å²) in [5, 5.41) is 2.86. The first kappa shape index (κ1) is 11.8. The van der Waals surface area contributed by atoms with E-state index in [0.29, 0.717) is 21.7 Å². The molecular formula is C11H9BrFN3O. The minimum atomic E-state index is -0.378. The van der Waals surface area contributed by atoms with Crippen LogP contribution in [-0.2, 0) is 0 Å². The van der Waals surface area contributed by atoms with Crippen LogP contribution in [0.3, 0.4) is 0 Å². The Morgan fingerprint density at radius 3 is 2.94 bits per heavy atom. The maximum absolute atomic E-state index is 13.5. The molecule has 0 fully saturated rings. The first-order chi connectivity index (χ1) is 8.20. The summed E-state index contributed by atoms with van der Waals surface area (Å²) in [6.45, 7) is 0. The largest absolute Gasteiger partial charge is 0.497 e. The molecule has 2 aromatic rings. The summed E-state index contributed by atoms with van der Waals surface area (Å²) in [5.41, 5.74) is 0.295. The lowest BCUT2D eigenvalue weighted by Crippen LogP contribution is -1.98. The van der Waals surface area contributed by atoms with Crippen LogP contribution in [0.2, 0.25) is 0 Å². The third-order valence-corrected chi connectivity index (χ3v) is 2.67. The van der Waals surface area contributed by atoms with Crippen LogP contribution in [0.4, 0.5) is 15.9 Å². The maximum Gasteiger partial charge on any atom is 0.148 e. The molecule has 0 radical (unpaired) electrons. The second-order valence-electron chi connectivity index (χ2n) is 3.19. The van der Waals surface area contributed by atoms with Gasteiger partial charge in [0, 0.05) is 12.3 Å². The van der Waals surface area contributed by atoms with Crippen LogP contribution in [-0.4, -0.2) is 17.1 Å². The van der Waals surface area contributed by atoms with Crippen LogP contribution in [0.5, 0.6) is 5.75 Å². The van der Waals surface area contributed by atoms with Crippen LogP contribution in [0.1, 0.15) is 0 Å². The third-order valence-electron chi connectivity index (χ3n) is 2.09.